The van der Waals surface area contributed by atoms with Crippen molar-refractivity contribution in [1.82, 2.24) is 15.1 Å². The maximum Gasteiger partial charge on any atom is 0.0594 e. The first kappa shape index (κ1) is 14.5. The van der Waals surface area contributed by atoms with Crippen LogP contribution in [0.1, 0.15) is 17.8 Å². The summed E-state index contributed by atoms with van der Waals surface area (Å²) in [5, 5.41) is 5.70. The van der Waals surface area contributed by atoms with Crippen LogP contribution in [0.5, 0.6) is 0 Å². The quantitative estimate of drug-likeness (QED) is 0.909. The van der Waals surface area contributed by atoms with Gasteiger partial charge in [-0.15, -0.1) is 11.3 Å². The van der Waals surface area contributed by atoms with Crippen LogP contribution in [0.2, 0.25) is 0 Å². The van der Waals surface area contributed by atoms with Crippen molar-refractivity contribution in [1.29, 1.82) is 0 Å². The number of rotatable bonds is 4. The molecule has 2 aliphatic heterocycles. The number of nitrogens with zero attached hydrogens (tertiary/aromatic N) is 2. The lowest BCUT2D eigenvalue weighted by Crippen LogP contribution is -2.53. The summed E-state index contributed by atoms with van der Waals surface area (Å²) in [6.07, 6.45) is 0. The molecule has 2 atom stereocenters. The zero-order chi connectivity index (χ0) is 13.8. The fourth-order valence-corrected chi connectivity index (χ4v) is 4.03. The van der Waals surface area contributed by atoms with Crippen molar-refractivity contribution >= 4 is 11.3 Å². The van der Waals surface area contributed by atoms with Crippen LogP contribution < -0.4 is 5.32 Å². The summed E-state index contributed by atoms with van der Waals surface area (Å²) < 4.78 is 5.48. The van der Waals surface area contributed by atoms with Crippen LogP contribution in [0.3, 0.4) is 0 Å². The van der Waals surface area contributed by atoms with Gasteiger partial charge in [0.2, 0.25) is 0 Å². The topological polar surface area (TPSA) is 27.7 Å². The van der Waals surface area contributed by atoms with Gasteiger partial charge in [-0.25, -0.2) is 0 Å². The van der Waals surface area contributed by atoms with Gasteiger partial charge in [0, 0.05) is 50.2 Å². The van der Waals surface area contributed by atoms with E-state index in [0.717, 1.165) is 52.5 Å². The first-order valence-corrected chi connectivity index (χ1v) is 8.52. The number of ether oxygens (including phenoxy) is 1. The van der Waals surface area contributed by atoms with Gasteiger partial charge in [-0.2, -0.15) is 0 Å². The molecule has 0 bridgehead atoms. The molecule has 0 aromatic carbocycles. The largest absolute Gasteiger partial charge is 0.379 e. The Hall–Kier alpha value is -0.460. The molecule has 3 rings (SSSR count). The Balaban J connectivity index is 1.73. The fraction of sp³-hybridized carbons (Fsp3) is 0.733. The van der Waals surface area contributed by atoms with Crippen molar-refractivity contribution in [3.8, 4) is 0 Å². The second-order valence-electron chi connectivity index (χ2n) is 5.74. The molecule has 2 saturated heterocycles. The summed E-state index contributed by atoms with van der Waals surface area (Å²) in [4.78, 5) is 6.74. The van der Waals surface area contributed by atoms with Crippen molar-refractivity contribution in [2.24, 2.45) is 0 Å². The van der Waals surface area contributed by atoms with E-state index in [0.29, 0.717) is 12.1 Å². The number of nitrogens with one attached hydrogen (secondary N) is 1. The monoisotopic (exact) mass is 295 g/mol. The Labute approximate surface area is 125 Å². The van der Waals surface area contributed by atoms with Crippen molar-refractivity contribution < 1.29 is 4.74 Å². The van der Waals surface area contributed by atoms with Crippen LogP contribution in [0, 0.1) is 0 Å². The lowest BCUT2D eigenvalue weighted by atomic mass is 10.1. The smallest absolute Gasteiger partial charge is 0.0594 e. The normalized spacial score (nSPS) is 27.6. The summed E-state index contributed by atoms with van der Waals surface area (Å²) in [5.41, 5.74) is 0. The van der Waals surface area contributed by atoms with Gasteiger partial charge in [0.15, 0.2) is 0 Å². The Morgan fingerprint density at radius 3 is 2.95 bits per heavy atom. The molecule has 0 saturated carbocycles. The van der Waals surface area contributed by atoms with E-state index in [1.165, 1.54) is 4.88 Å². The van der Waals surface area contributed by atoms with E-state index in [1.54, 1.807) is 0 Å². The average molecular weight is 295 g/mol. The average Bonchev–Trinajstić information content (AvgIpc) is 3.01. The summed E-state index contributed by atoms with van der Waals surface area (Å²) >= 11 is 1.90. The first-order chi connectivity index (χ1) is 9.84. The second-order valence-corrected chi connectivity index (χ2v) is 6.71. The molecule has 0 aliphatic carbocycles. The number of piperazine rings is 1. The molecule has 1 aromatic rings. The molecule has 2 unspecified atom stereocenters. The minimum atomic E-state index is 0.533. The van der Waals surface area contributed by atoms with Crippen LogP contribution >= 0.6 is 11.3 Å². The molecular formula is C15H25N3OS. The molecule has 1 aromatic heterocycles. The van der Waals surface area contributed by atoms with E-state index in [9.17, 15) is 0 Å². The summed E-state index contributed by atoms with van der Waals surface area (Å²) in [6, 6.07) is 5.62. The van der Waals surface area contributed by atoms with Crippen molar-refractivity contribution in [2.45, 2.75) is 19.0 Å². The molecule has 0 radical (unpaired) electrons. The molecule has 5 heteroatoms. The summed E-state index contributed by atoms with van der Waals surface area (Å²) in [5.74, 6) is 0. The lowest BCUT2D eigenvalue weighted by molar-refractivity contribution is 0.0144. The van der Waals surface area contributed by atoms with Crippen LogP contribution in [-0.4, -0.2) is 68.3 Å². The molecule has 3 heterocycles. The predicted molar refractivity (Wildman–Crippen MR) is 83.4 cm³/mol. The van der Waals surface area contributed by atoms with E-state index < -0.39 is 0 Å². The second kappa shape index (κ2) is 7.00. The van der Waals surface area contributed by atoms with Gasteiger partial charge in [0.05, 0.1) is 19.3 Å². The van der Waals surface area contributed by atoms with Gasteiger partial charge in [-0.3, -0.25) is 9.80 Å². The number of hydrogen-bond acceptors (Lipinski definition) is 5. The minimum absolute atomic E-state index is 0.533. The molecule has 0 spiro atoms. The van der Waals surface area contributed by atoms with E-state index in [2.05, 4.69) is 39.6 Å². The maximum absolute atomic E-state index is 5.48. The standard InChI is InChI=1S/C15H25N3OS/c1-13-11-16-4-5-18(13)14(15-3-2-10-20-15)12-17-6-8-19-9-7-17/h2-3,10,13-14,16H,4-9,11-12H2,1H3. The minimum Gasteiger partial charge on any atom is -0.379 e. The van der Waals surface area contributed by atoms with E-state index in [-0.39, 0.29) is 0 Å². The van der Waals surface area contributed by atoms with Crippen LogP contribution in [0.4, 0.5) is 0 Å². The van der Waals surface area contributed by atoms with Crippen molar-refractivity contribution in [2.75, 3.05) is 52.5 Å². The Bertz CT molecular complexity index is 392. The van der Waals surface area contributed by atoms with E-state index >= 15 is 0 Å². The van der Waals surface area contributed by atoms with Gasteiger partial charge >= 0.3 is 0 Å². The fourth-order valence-electron chi connectivity index (χ4n) is 3.19. The van der Waals surface area contributed by atoms with Gasteiger partial charge in [-0.1, -0.05) is 6.07 Å². The number of hydrogen-bond donors (Lipinski definition) is 1. The maximum atomic E-state index is 5.48. The molecule has 112 valence electrons. The molecule has 4 nitrogen and oxygen atoms in total. The van der Waals surface area contributed by atoms with Crippen molar-refractivity contribution in [3.05, 3.63) is 22.4 Å². The molecule has 2 fully saturated rings. The van der Waals surface area contributed by atoms with Gasteiger partial charge in [0.1, 0.15) is 0 Å². The number of morpholine rings is 1. The highest BCUT2D eigenvalue weighted by Gasteiger charge is 2.29. The number of thiophene rings is 1. The van der Waals surface area contributed by atoms with Gasteiger partial charge < -0.3 is 10.1 Å². The first-order valence-electron chi connectivity index (χ1n) is 7.64. The Kier molecular flexibility index (Phi) is 5.07. The van der Waals surface area contributed by atoms with Gasteiger partial charge in [-0.05, 0) is 18.4 Å². The Morgan fingerprint density at radius 1 is 1.40 bits per heavy atom. The molecule has 0 amide bonds. The highest BCUT2D eigenvalue weighted by atomic mass is 32.1. The third-order valence-electron chi connectivity index (χ3n) is 4.36. The zero-order valence-electron chi connectivity index (χ0n) is 12.3. The zero-order valence-corrected chi connectivity index (χ0v) is 13.1. The lowest BCUT2D eigenvalue weighted by Gasteiger charge is -2.42. The summed E-state index contributed by atoms with van der Waals surface area (Å²) in [6.45, 7) is 10.7. The molecule has 20 heavy (non-hydrogen) atoms. The van der Waals surface area contributed by atoms with Gasteiger partial charge in [0.25, 0.3) is 0 Å². The van der Waals surface area contributed by atoms with Crippen molar-refractivity contribution in [3.63, 3.8) is 0 Å². The molecule has 2 aliphatic rings. The summed E-state index contributed by atoms with van der Waals surface area (Å²) in [7, 11) is 0. The third-order valence-corrected chi connectivity index (χ3v) is 5.33. The highest BCUT2D eigenvalue weighted by Crippen LogP contribution is 2.28. The molecule has 1 N–H and O–H groups in total. The highest BCUT2D eigenvalue weighted by molar-refractivity contribution is 7.10. The van der Waals surface area contributed by atoms with Crippen LogP contribution in [0.15, 0.2) is 17.5 Å². The third kappa shape index (κ3) is 3.40. The Morgan fingerprint density at radius 2 is 2.25 bits per heavy atom. The molecular weight excluding hydrogens is 270 g/mol. The SMILES string of the molecule is CC1CNCCN1C(CN1CCOCC1)c1cccs1. The van der Waals surface area contributed by atoms with E-state index in [1.807, 2.05) is 11.3 Å². The predicted octanol–water partition coefficient (Wildman–Crippen LogP) is 1.42. The van der Waals surface area contributed by atoms with E-state index in [4.69, 9.17) is 4.74 Å². The van der Waals surface area contributed by atoms with Crippen LogP contribution in [-0.2, 0) is 4.74 Å². The van der Waals surface area contributed by atoms with Crippen LogP contribution in [0.25, 0.3) is 0 Å².